The van der Waals surface area contributed by atoms with Gasteiger partial charge >= 0.3 is 5.97 Å². The summed E-state index contributed by atoms with van der Waals surface area (Å²) in [7, 11) is 0. The molecule has 3 fully saturated rings. The Bertz CT molecular complexity index is 1330. The molecule has 4 atom stereocenters. The van der Waals surface area contributed by atoms with Crippen LogP contribution in [-0.2, 0) is 30.4 Å². The van der Waals surface area contributed by atoms with Crippen molar-refractivity contribution in [3.63, 3.8) is 0 Å². The predicted molar refractivity (Wildman–Crippen MR) is 148 cm³/mol. The molecule has 13 heteroatoms. The number of benzene rings is 2. The van der Waals surface area contributed by atoms with Gasteiger partial charge in [-0.2, -0.15) is 0 Å². The molecule has 8 N–H and O–H groups in total. The minimum atomic E-state index is -1.49. The van der Waals surface area contributed by atoms with Crippen LogP contribution < -0.4 is 27.4 Å². The highest BCUT2D eigenvalue weighted by molar-refractivity contribution is 6.03. The zero-order chi connectivity index (χ0) is 29.6. The Kier molecular flexibility index (Phi) is 8.85. The van der Waals surface area contributed by atoms with E-state index in [0.717, 1.165) is 5.56 Å². The van der Waals surface area contributed by atoms with Crippen molar-refractivity contribution in [3.8, 4) is 0 Å². The molecule has 2 aromatic rings. The lowest BCUT2D eigenvalue weighted by Gasteiger charge is -2.52. The van der Waals surface area contributed by atoms with Crippen LogP contribution in [-0.4, -0.2) is 76.3 Å². The van der Waals surface area contributed by atoms with Gasteiger partial charge < -0.3 is 37.4 Å². The van der Waals surface area contributed by atoms with Crippen LogP contribution in [0.3, 0.4) is 0 Å². The molecule has 216 valence electrons. The molecule has 3 heterocycles. The van der Waals surface area contributed by atoms with Gasteiger partial charge in [-0.25, -0.2) is 0 Å². The van der Waals surface area contributed by atoms with E-state index < -0.39 is 59.7 Å². The van der Waals surface area contributed by atoms with Crippen LogP contribution in [0, 0.1) is 0 Å². The van der Waals surface area contributed by atoms with E-state index in [1.165, 1.54) is 4.90 Å². The topological polar surface area (TPSA) is 209 Å². The summed E-state index contributed by atoms with van der Waals surface area (Å²) in [6, 6.07) is 13.9. The predicted octanol–water partition coefficient (Wildman–Crippen LogP) is -0.821. The molecule has 3 saturated heterocycles. The molecule has 0 unspecified atom stereocenters. The van der Waals surface area contributed by atoms with E-state index in [1.807, 2.05) is 6.07 Å². The lowest BCUT2D eigenvalue weighted by molar-refractivity contribution is -0.164. The maximum Gasteiger partial charge on any atom is 0.305 e. The molecule has 13 nitrogen and oxygen atoms in total. The maximum absolute atomic E-state index is 13.9. The largest absolute Gasteiger partial charge is 0.481 e. The second kappa shape index (κ2) is 12.5. The Morgan fingerprint density at radius 1 is 0.927 bits per heavy atom. The van der Waals surface area contributed by atoms with Gasteiger partial charge in [0, 0.05) is 13.0 Å². The lowest BCUT2D eigenvalue weighted by Crippen LogP contribution is -2.78. The van der Waals surface area contributed by atoms with E-state index in [1.54, 1.807) is 54.6 Å². The van der Waals surface area contributed by atoms with Gasteiger partial charge in [0.2, 0.25) is 17.7 Å². The zero-order valence-corrected chi connectivity index (χ0v) is 22.3. The molecule has 5 rings (SSSR count). The average molecular weight is 564 g/mol. The van der Waals surface area contributed by atoms with Crippen LogP contribution >= 0.6 is 0 Å². The van der Waals surface area contributed by atoms with E-state index in [2.05, 4.69) is 20.9 Å². The first-order valence-electron chi connectivity index (χ1n) is 13.2. The number of amides is 4. The van der Waals surface area contributed by atoms with Gasteiger partial charge in [-0.15, -0.1) is 0 Å². The fraction of sp³-hybridized carbons (Fsp3) is 0.357. The van der Waals surface area contributed by atoms with Crippen LogP contribution in [0.5, 0.6) is 0 Å². The number of guanidine groups is 1. The molecule has 41 heavy (non-hydrogen) atoms. The van der Waals surface area contributed by atoms with Crippen LogP contribution in [0.4, 0.5) is 0 Å². The summed E-state index contributed by atoms with van der Waals surface area (Å²) in [5, 5.41) is 17.4. The van der Waals surface area contributed by atoms with Crippen molar-refractivity contribution >= 4 is 35.6 Å². The van der Waals surface area contributed by atoms with Gasteiger partial charge in [0.25, 0.3) is 5.91 Å². The molecule has 2 aromatic carbocycles. The third kappa shape index (κ3) is 6.80. The molecule has 2 bridgehead atoms. The second-order valence-corrected chi connectivity index (χ2v) is 10.1. The van der Waals surface area contributed by atoms with Crippen LogP contribution in [0.2, 0.25) is 0 Å². The van der Waals surface area contributed by atoms with E-state index in [4.69, 9.17) is 11.5 Å². The smallest absolute Gasteiger partial charge is 0.305 e. The number of aliphatic carboxylic acids is 1. The van der Waals surface area contributed by atoms with Gasteiger partial charge in [0.1, 0.15) is 23.7 Å². The third-order valence-electron chi connectivity index (χ3n) is 7.09. The van der Waals surface area contributed by atoms with Crippen molar-refractivity contribution < 1.29 is 29.1 Å². The minimum Gasteiger partial charge on any atom is -0.481 e. The van der Waals surface area contributed by atoms with Gasteiger partial charge in [-0.3, -0.25) is 29.0 Å². The van der Waals surface area contributed by atoms with E-state index >= 15 is 0 Å². The second-order valence-electron chi connectivity index (χ2n) is 10.1. The number of hydrogen-bond acceptors (Lipinski definition) is 6. The van der Waals surface area contributed by atoms with E-state index in [0.29, 0.717) is 12.0 Å². The highest BCUT2D eigenvalue weighted by Crippen LogP contribution is 2.36. The molecule has 3 aliphatic heterocycles. The number of nitrogens with zero attached hydrogens (tertiary/aromatic N) is 2. The lowest BCUT2D eigenvalue weighted by atomic mass is 9.79. The van der Waals surface area contributed by atoms with Crippen molar-refractivity contribution in [1.29, 1.82) is 0 Å². The standard InChI is InChI=1S/C28H33N7O6/c29-27(30)31-13-7-12-19-23(38)33-20(14-21(36)37)24(39)34-28(15-17-8-3-1-4-9-17)16-35(26(28)41)22(25(40)32-19)18-10-5-2-6-11-18/h1-6,8-11,19-20,22H,7,12-16H2,(H,32,40)(H,33,38)(H,34,39)(H,36,37)(H4,29,30,31)/t19-,20-,22-,28-/m0/s1. The number of hydrogen-bond donors (Lipinski definition) is 6. The average Bonchev–Trinajstić information content (AvgIpc) is 2.94. The minimum absolute atomic E-state index is 0.0116. The molecule has 4 amide bonds. The van der Waals surface area contributed by atoms with Crippen molar-refractivity contribution in [3.05, 3.63) is 71.8 Å². The summed E-state index contributed by atoms with van der Waals surface area (Å²) in [4.78, 5) is 71.3. The third-order valence-corrected chi connectivity index (χ3v) is 7.09. The van der Waals surface area contributed by atoms with Gasteiger partial charge in [-0.05, 0) is 24.0 Å². The highest BCUT2D eigenvalue weighted by Gasteiger charge is 2.57. The SMILES string of the molecule is NC(N)=NCCC[C@@H]1NC(=O)[C@H](c2ccccc2)N2C[C@](Cc3ccccc3)(NC(=O)[C@H](CC(=O)O)NC1=O)C2=O. The number of rotatable bonds is 9. The molecule has 0 saturated carbocycles. The Labute approximate surface area is 236 Å². The summed E-state index contributed by atoms with van der Waals surface area (Å²) in [5.41, 5.74) is 10.6. The van der Waals surface area contributed by atoms with Gasteiger partial charge in [0.05, 0.1) is 13.0 Å². The first kappa shape index (κ1) is 29.1. The molecular weight excluding hydrogens is 530 g/mol. The Morgan fingerprint density at radius 2 is 1.56 bits per heavy atom. The van der Waals surface area contributed by atoms with Crippen molar-refractivity contribution in [2.45, 2.75) is 49.3 Å². The Hall–Kier alpha value is -4.94. The number of carbonyl (C=O) groups is 5. The molecular formula is C28H33N7O6. The number of aliphatic imine (C=N–C) groups is 1. The molecule has 0 spiro atoms. The molecule has 0 aromatic heterocycles. The van der Waals surface area contributed by atoms with Crippen molar-refractivity contribution in [2.24, 2.45) is 16.5 Å². The number of β-lactam (4-membered cyclic amide) rings is 1. The first-order chi connectivity index (χ1) is 19.6. The highest BCUT2D eigenvalue weighted by atomic mass is 16.4. The molecule has 3 aliphatic rings. The van der Waals surface area contributed by atoms with Gasteiger partial charge in [0.15, 0.2) is 5.96 Å². The number of carboxylic acid groups (broad SMARTS) is 1. The summed E-state index contributed by atoms with van der Waals surface area (Å²) in [6.45, 7) is 0.165. The maximum atomic E-state index is 13.9. The van der Waals surface area contributed by atoms with Crippen LogP contribution in [0.1, 0.15) is 36.4 Å². The number of nitrogens with two attached hydrogens (primary N) is 2. The number of nitrogens with one attached hydrogen (secondary N) is 3. The molecule has 0 radical (unpaired) electrons. The summed E-state index contributed by atoms with van der Waals surface area (Å²) in [5.74, 6) is -4.11. The Morgan fingerprint density at radius 3 is 2.17 bits per heavy atom. The number of fused-ring (bicyclic) bond motifs is 8. The zero-order valence-electron chi connectivity index (χ0n) is 22.3. The summed E-state index contributed by atoms with van der Waals surface area (Å²) < 4.78 is 0. The summed E-state index contributed by atoms with van der Waals surface area (Å²) >= 11 is 0. The molecule has 0 aliphatic carbocycles. The number of carbonyl (C=O) groups excluding carboxylic acids is 4. The summed E-state index contributed by atoms with van der Waals surface area (Å²) in [6.07, 6.45) is -0.231. The monoisotopic (exact) mass is 563 g/mol. The van der Waals surface area contributed by atoms with E-state index in [9.17, 15) is 29.1 Å². The number of carboxylic acids is 1. The van der Waals surface area contributed by atoms with Gasteiger partial charge in [-0.1, -0.05) is 60.7 Å². The van der Waals surface area contributed by atoms with Crippen LogP contribution in [0.25, 0.3) is 0 Å². The van der Waals surface area contributed by atoms with Crippen molar-refractivity contribution in [1.82, 2.24) is 20.9 Å². The quantitative estimate of drug-likeness (QED) is 0.0744. The van der Waals surface area contributed by atoms with Crippen LogP contribution in [0.15, 0.2) is 65.7 Å². The Balaban J connectivity index is 1.72. The van der Waals surface area contributed by atoms with E-state index in [-0.39, 0.29) is 31.9 Å². The fourth-order valence-electron chi connectivity index (χ4n) is 5.15. The fourth-order valence-corrected chi connectivity index (χ4v) is 5.15. The normalized spacial score (nSPS) is 24.5. The van der Waals surface area contributed by atoms with Crippen molar-refractivity contribution in [2.75, 3.05) is 13.1 Å². The first-order valence-corrected chi connectivity index (χ1v) is 13.2.